The molecule has 1 aromatic heterocycles. The number of thioether (sulfide) groups is 1. The van der Waals surface area contributed by atoms with Gasteiger partial charge in [0.1, 0.15) is 0 Å². The number of hydrogen-bond donors (Lipinski definition) is 0. The number of likely N-dealkylation sites (tertiary alicyclic amines) is 1. The van der Waals surface area contributed by atoms with Crippen LogP contribution < -0.4 is 4.31 Å². The van der Waals surface area contributed by atoms with Crippen molar-refractivity contribution in [3.8, 4) is 0 Å². The van der Waals surface area contributed by atoms with Crippen LogP contribution in [0.25, 0.3) is 0 Å². The molecule has 1 fully saturated rings. The minimum atomic E-state index is -3.51. The molecule has 2 atom stereocenters. The number of aryl methyl sites for hydroxylation is 1. The molecule has 0 N–H and O–H groups in total. The summed E-state index contributed by atoms with van der Waals surface area (Å²) < 4.78 is 28.2. The fourth-order valence-electron chi connectivity index (χ4n) is 4.21. The minimum absolute atomic E-state index is 0.0808. The molecule has 0 unspecified atom stereocenters. The summed E-state index contributed by atoms with van der Waals surface area (Å²) in [6.45, 7) is 8.80. The van der Waals surface area contributed by atoms with Crippen LogP contribution in [0.5, 0.6) is 0 Å². The van der Waals surface area contributed by atoms with E-state index in [1.807, 2.05) is 35.4 Å². The van der Waals surface area contributed by atoms with Gasteiger partial charge in [-0.3, -0.25) is 9.10 Å². The third kappa shape index (κ3) is 5.64. The van der Waals surface area contributed by atoms with Crippen LogP contribution in [0.15, 0.2) is 29.4 Å². The predicted octanol–water partition coefficient (Wildman–Crippen LogP) is 3.45. The van der Waals surface area contributed by atoms with Gasteiger partial charge in [-0.1, -0.05) is 29.5 Å². The second-order valence-corrected chi connectivity index (χ2v) is 11.3. The van der Waals surface area contributed by atoms with Crippen LogP contribution in [0.4, 0.5) is 5.69 Å². The molecule has 1 aliphatic rings. The van der Waals surface area contributed by atoms with Crippen molar-refractivity contribution < 1.29 is 13.2 Å². The number of nitrogens with zero attached hydrogens (tertiary/aromatic N) is 5. The molecule has 10 heteroatoms. The molecular formula is C22H33N5O3S2. The van der Waals surface area contributed by atoms with E-state index in [-0.39, 0.29) is 24.5 Å². The summed E-state index contributed by atoms with van der Waals surface area (Å²) in [5.41, 5.74) is 1.64. The molecule has 1 aliphatic heterocycles. The number of anilines is 1. The van der Waals surface area contributed by atoms with Gasteiger partial charge in [0.05, 0.1) is 24.2 Å². The molecule has 176 valence electrons. The molecule has 32 heavy (non-hydrogen) atoms. The molecule has 0 radical (unpaired) electrons. The fraction of sp³-hybridized carbons (Fsp3) is 0.591. The van der Waals surface area contributed by atoms with Crippen LogP contribution in [0.1, 0.15) is 51.4 Å². The molecular weight excluding hydrogens is 446 g/mol. The van der Waals surface area contributed by atoms with E-state index in [4.69, 9.17) is 0 Å². The Morgan fingerprint density at radius 3 is 2.34 bits per heavy atom. The number of benzene rings is 1. The van der Waals surface area contributed by atoms with Gasteiger partial charge in [0.25, 0.3) is 0 Å². The molecule has 0 saturated carbocycles. The molecule has 1 saturated heterocycles. The molecule has 0 bridgehead atoms. The molecule has 1 aromatic carbocycles. The van der Waals surface area contributed by atoms with Crippen molar-refractivity contribution >= 4 is 33.4 Å². The maximum atomic E-state index is 12.9. The average molecular weight is 480 g/mol. The highest BCUT2D eigenvalue weighted by atomic mass is 32.2. The minimum Gasteiger partial charge on any atom is -0.337 e. The maximum absolute atomic E-state index is 12.9. The summed E-state index contributed by atoms with van der Waals surface area (Å²) >= 11 is 1.36. The summed E-state index contributed by atoms with van der Waals surface area (Å²) in [7, 11) is -3.51. The zero-order valence-corrected chi connectivity index (χ0v) is 21.1. The molecule has 8 nitrogen and oxygen atoms in total. The van der Waals surface area contributed by atoms with E-state index in [9.17, 15) is 13.2 Å². The highest BCUT2D eigenvalue weighted by molar-refractivity contribution is 7.99. The van der Waals surface area contributed by atoms with Crippen LogP contribution in [-0.4, -0.2) is 58.1 Å². The largest absolute Gasteiger partial charge is 0.337 e. The highest BCUT2D eigenvalue weighted by Crippen LogP contribution is 2.26. The van der Waals surface area contributed by atoms with Crippen LogP contribution >= 0.6 is 11.8 Å². The lowest BCUT2D eigenvalue weighted by molar-refractivity contribution is -0.134. The number of amides is 1. The second kappa shape index (κ2) is 10.2. The fourth-order valence-corrected chi connectivity index (χ4v) is 5.96. The normalized spacial score (nSPS) is 19.2. The van der Waals surface area contributed by atoms with Crippen molar-refractivity contribution in [1.29, 1.82) is 0 Å². The monoisotopic (exact) mass is 479 g/mol. The first-order valence-corrected chi connectivity index (χ1v) is 13.9. The smallest absolute Gasteiger partial charge is 0.233 e. The Morgan fingerprint density at radius 2 is 1.78 bits per heavy atom. The lowest BCUT2D eigenvalue weighted by Crippen LogP contribution is -2.48. The van der Waals surface area contributed by atoms with E-state index in [2.05, 4.69) is 24.0 Å². The zero-order chi connectivity index (χ0) is 23.5. The van der Waals surface area contributed by atoms with Gasteiger partial charge < -0.3 is 9.47 Å². The van der Waals surface area contributed by atoms with Gasteiger partial charge in [0, 0.05) is 18.6 Å². The quantitative estimate of drug-likeness (QED) is 0.539. The summed E-state index contributed by atoms with van der Waals surface area (Å²) in [4.78, 5) is 14.9. The molecule has 2 aromatic rings. The molecule has 0 aliphatic carbocycles. The standard InChI is InChI=1S/C22H33N5O3S2/c1-6-25-20(14-26(32(5,29)30)19-12-10-16(2)11-13-19)23-24-22(25)31-15-21(28)27-17(3)8-7-9-18(27)4/h10-13,17-18H,6-9,14-15H2,1-5H3/t17-,18-/m0/s1. The highest BCUT2D eigenvalue weighted by Gasteiger charge is 2.29. The number of hydrogen-bond acceptors (Lipinski definition) is 6. The first kappa shape index (κ1) is 24.6. The summed E-state index contributed by atoms with van der Waals surface area (Å²) in [6.07, 6.45) is 4.42. The Labute approximate surface area is 195 Å². The van der Waals surface area contributed by atoms with E-state index in [1.165, 1.54) is 22.3 Å². The Morgan fingerprint density at radius 1 is 1.16 bits per heavy atom. The van der Waals surface area contributed by atoms with E-state index in [0.29, 0.717) is 29.0 Å². The third-order valence-electron chi connectivity index (χ3n) is 5.92. The first-order chi connectivity index (χ1) is 15.1. The average Bonchev–Trinajstić information content (AvgIpc) is 3.12. The van der Waals surface area contributed by atoms with Gasteiger partial charge in [-0.2, -0.15) is 0 Å². The van der Waals surface area contributed by atoms with Crippen molar-refractivity contribution in [2.45, 2.75) is 77.3 Å². The number of carbonyl (C=O) groups excluding carboxylic acids is 1. The number of carbonyl (C=O) groups is 1. The Hall–Kier alpha value is -2.07. The van der Waals surface area contributed by atoms with Crippen LogP contribution in [0.3, 0.4) is 0 Å². The lowest BCUT2D eigenvalue weighted by Gasteiger charge is -2.39. The summed E-state index contributed by atoms with van der Waals surface area (Å²) in [5, 5.41) is 9.16. The summed E-state index contributed by atoms with van der Waals surface area (Å²) in [6, 6.07) is 7.85. The number of sulfonamides is 1. The Bertz CT molecular complexity index is 1030. The van der Waals surface area contributed by atoms with E-state index in [0.717, 1.165) is 24.8 Å². The Kier molecular flexibility index (Phi) is 7.87. The van der Waals surface area contributed by atoms with E-state index >= 15 is 0 Å². The Balaban J connectivity index is 1.76. The SMILES string of the molecule is CCn1c(CN(c2ccc(C)cc2)S(C)(=O)=O)nnc1SCC(=O)N1[C@@H](C)CCC[C@@H]1C. The number of aromatic nitrogens is 3. The summed E-state index contributed by atoms with van der Waals surface area (Å²) in [5.74, 6) is 0.952. The van der Waals surface area contributed by atoms with Crippen molar-refractivity contribution in [2.75, 3.05) is 16.3 Å². The predicted molar refractivity (Wildman–Crippen MR) is 128 cm³/mol. The van der Waals surface area contributed by atoms with Crippen LogP contribution in [0, 0.1) is 6.92 Å². The van der Waals surface area contributed by atoms with Gasteiger partial charge in [-0.25, -0.2) is 8.42 Å². The third-order valence-corrected chi connectivity index (χ3v) is 8.02. The van der Waals surface area contributed by atoms with Gasteiger partial charge in [-0.15, -0.1) is 10.2 Å². The van der Waals surface area contributed by atoms with Crippen LogP contribution in [-0.2, 0) is 27.9 Å². The van der Waals surface area contributed by atoms with Crippen molar-refractivity contribution in [3.63, 3.8) is 0 Å². The molecule has 3 rings (SSSR count). The van der Waals surface area contributed by atoms with Crippen LogP contribution in [0.2, 0.25) is 0 Å². The second-order valence-electron chi connectivity index (χ2n) is 8.47. The van der Waals surface area contributed by atoms with E-state index < -0.39 is 10.0 Å². The zero-order valence-electron chi connectivity index (χ0n) is 19.5. The molecule has 1 amide bonds. The first-order valence-electron chi connectivity index (χ1n) is 11.0. The van der Waals surface area contributed by atoms with Gasteiger partial charge in [0.15, 0.2) is 11.0 Å². The lowest BCUT2D eigenvalue weighted by atomic mass is 9.98. The van der Waals surface area contributed by atoms with Gasteiger partial charge in [-0.05, 0) is 59.1 Å². The van der Waals surface area contributed by atoms with Crippen molar-refractivity contribution in [3.05, 3.63) is 35.7 Å². The van der Waals surface area contributed by atoms with Gasteiger partial charge >= 0.3 is 0 Å². The molecule has 0 spiro atoms. The van der Waals surface area contributed by atoms with Gasteiger partial charge in [0.2, 0.25) is 15.9 Å². The number of rotatable bonds is 8. The maximum Gasteiger partial charge on any atom is 0.233 e. The van der Waals surface area contributed by atoms with E-state index in [1.54, 1.807) is 12.1 Å². The van der Waals surface area contributed by atoms with Crippen molar-refractivity contribution in [1.82, 2.24) is 19.7 Å². The molecule has 2 heterocycles. The van der Waals surface area contributed by atoms with Crippen molar-refractivity contribution in [2.24, 2.45) is 0 Å². The number of piperidine rings is 1. The topological polar surface area (TPSA) is 88.4 Å².